The van der Waals surface area contributed by atoms with Gasteiger partial charge >= 0.3 is 0 Å². The van der Waals surface area contributed by atoms with Gasteiger partial charge in [0.1, 0.15) is 0 Å². The molecule has 1 aliphatic heterocycles. The zero-order chi connectivity index (χ0) is 15.7. The van der Waals surface area contributed by atoms with Gasteiger partial charge in [-0.05, 0) is 6.42 Å². The van der Waals surface area contributed by atoms with E-state index in [1.165, 1.54) is 83.5 Å². The molecule has 0 unspecified atom stereocenters. The van der Waals surface area contributed by atoms with Gasteiger partial charge < -0.3 is 5.32 Å². The number of halogens is 3. The van der Waals surface area contributed by atoms with Crippen molar-refractivity contribution in [2.24, 2.45) is 0 Å². The van der Waals surface area contributed by atoms with Crippen LogP contribution in [0.2, 0.25) is 0 Å². The Bertz CT molecular complexity index is 228. The summed E-state index contributed by atoms with van der Waals surface area (Å²) in [6.07, 6.45) is 18.7. The third-order valence-electron chi connectivity index (χ3n) is 4.73. The molecule has 0 atom stereocenters. The van der Waals surface area contributed by atoms with Gasteiger partial charge in [-0.3, -0.25) is 5.43 Å². The van der Waals surface area contributed by atoms with E-state index in [0.717, 1.165) is 32.7 Å². The number of hydrogen-bond acceptors (Lipinski definition) is 3. The molecule has 1 saturated heterocycles. The maximum absolute atomic E-state index is 3.55. The van der Waals surface area contributed by atoms with Crippen molar-refractivity contribution in [3.63, 3.8) is 0 Å². The highest BCUT2D eigenvalue weighted by Crippen LogP contribution is 2.12. The number of piperazine rings is 1. The van der Waals surface area contributed by atoms with Gasteiger partial charge in [0.25, 0.3) is 0 Å². The summed E-state index contributed by atoms with van der Waals surface area (Å²) in [6, 6.07) is 0. The number of nitrogens with zero attached hydrogens (tertiary/aromatic N) is 1. The van der Waals surface area contributed by atoms with Crippen molar-refractivity contribution in [3.05, 3.63) is 0 Å². The Hall–Kier alpha value is 0.750. The second kappa shape index (κ2) is 24.8. The number of nitrogens with one attached hydrogen (secondary N) is 2. The molecule has 0 radical (unpaired) electrons. The first-order chi connectivity index (χ1) is 10.9. The highest BCUT2D eigenvalue weighted by molar-refractivity contribution is 5.86. The molecule has 0 aliphatic carbocycles. The van der Waals surface area contributed by atoms with E-state index < -0.39 is 0 Å². The minimum atomic E-state index is 0. The molecule has 1 heterocycles. The number of hydrazine groups is 1. The monoisotopic (exact) mass is 419 g/mol. The Kier molecular flexibility index (Phi) is 30.2. The molecule has 0 aromatic rings. The highest BCUT2D eigenvalue weighted by atomic mass is 35.5. The summed E-state index contributed by atoms with van der Waals surface area (Å²) in [5.41, 5.74) is 3.55. The van der Waals surface area contributed by atoms with Crippen LogP contribution >= 0.6 is 37.2 Å². The number of hydrogen-bond donors (Lipinski definition) is 2. The van der Waals surface area contributed by atoms with Crippen molar-refractivity contribution in [1.82, 2.24) is 15.8 Å². The van der Waals surface area contributed by atoms with Crippen molar-refractivity contribution in [3.8, 4) is 0 Å². The van der Waals surface area contributed by atoms with E-state index in [9.17, 15) is 0 Å². The zero-order valence-electron chi connectivity index (χ0n) is 16.4. The smallest absolute Gasteiger partial charge is 0.0256 e. The fourth-order valence-electron chi connectivity index (χ4n) is 3.20. The normalized spacial score (nSPS) is 14.3. The second-order valence-electron chi connectivity index (χ2n) is 6.89. The van der Waals surface area contributed by atoms with Crippen LogP contribution < -0.4 is 10.7 Å². The lowest BCUT2D eigenvalue weighted by Gasteiger charge is -2.27. The van der Waals surface area contributed by atoms with Crippen LogP contribution in [0.5, 0.6) is 0 Å². The van der Waals surface area contributed by atoms with Crippen LogP contribution in [-0.4, -0.2) is 37.7 Å². The molecular formula is C19H44Cl3N3. The Morgan fingerprint density at radius 2 is 1.04 bits per heavy atom. The minimum absolute atomic E-state index is 0. The third kappa shape index (κ3) is 20.9. The van der Waals surface area contributed by atoms with Gasteiger partial charge in [-0.2, -0.15) is 0 Å². The van der Waals surface area contributed by atoms with Crippen LogP contribution in [0.15, 0.2) is 0 Å². The van der Waals surface area contributed by atoms with Gasteiger partial charge in [0.15, 0.2) is 0 Å². The molecule has 1 fully saturated rings. The Labute approximate surface area is 176 Å². The average molecular weight is 421 g/mol. The van der Waals surface area contributed by atoms with Crippen LogP contribution in [0.1, 0.15) is 90.4 Å². The molecule has 1 aliphatic rings. The Morgan fingerprint density at radius 3 is 1.48 bits per heavy atom. The molecule has 0 aromatic carbocycles. The molecule has 156 valence electrons. The SMILES string of the molecule is CCCCCCCCCCCCCCCNN1CCNCC1.Cl.Cl.Cl. The summed E-state index contributed by atoms with van der Waals surface area (Å²) in [7, 11) is 0. The van der Waals surface area contributed by atoms with E-state index in [4.69, 9.17) is 0 Å². The average Bonchev–Trinajstić information content (AvgIpc) is 2.56. The van der Waals surface area contributed by atoms with E-state index in [-0.39, 0.29) is 37.2 Å². The van der Waals surface area contributed by atoms with Crippen LogP contribution in [0, 0.1) is 0 Å². The van der Waals surface area contributed by atoms with E-state index in [0.29, 0.717) is 0 Å². The van der Waals surface area contributed by atoms with Crippen molar-refractivity contribution >= 4 is 37.2 Å². The molecule has 1 rings (SSSR count). The lowest BCUT2D eigenvalue weighted by Crippen LogP contribution is -2.50. The summed E-state index contributed by atoms with van der Waals surface area (Å²) in [5, 5.41) is 5.76. The van der Waals surface area contributed by atoms with Crippen molar-refractivity contribution < 1.29 is 0 Å². The highest BCUT2D eigenvalue weighted by Gasteiger charge is 2.07. The van der Waals surface area contributed by atoms with E-state index in [1.807, 2.05) is 0 Å². The largest absolute Gasteiger partial charge is 0.314 e. The van der Waals surface area contributed by atoms with Crippen LogP contribution in [0.3, 0.4) is 0 Å². The Balaban J connectivity index is -0.00000161. The van der Waals surface area contributed by atoms with E-state index in [1.54, 1.807) is 0 Å². The van der Waals surface area contributed by atoms with Crippen LogP contribution in [-0.2, 0) is 0 Å². The van der Waals surface area contributed by atoms with Crippen LogP contribution in [0.4, 0.5) is 0 Å². The van der Waals surface area contributed by atoms with Gasteiger partial charge in [-0.15, -0.1) is 37.2 Å². The fraction of sp³-hybridized carbons (Fsp3) is 1.00. The van der Waals surface area contributed by atoms with Gasteiger partial charge in [-0.1, -0.05) is 84.0 Å². The standard InChI is InChI=1S/C19H41N3.3ClH/c1-2-3-4-5-6-7-8-9-10-11-12-13-14-15-21-22-18-16-20-17-19-22;;;/h20-21H,2-19H2,1H3;3*1H. The molecule has 0 spiro atoms. The van der Waals surface area contributed by atoms with Crippen molar-refractivity contribution in [1.29, 1.82) is 0 Å². The quantitative estimate of drug-likeness (QED) is 0.330. The molecule has 3 nitrogen and oxygen atoms in total. The number of unbranched alkanes of at least 4 members (excludes halogenated alkanes) is 12. The first kappa shape index (κ1) is 30.5. The third-order valence-corrected chi connectivity index (χ3v) is 4.73. The first-order valence-electron chi connectivity index (χ1n) is 10.1. The van der Waals surface area contributed by atoms with Crippen molar-refractivity contribution in [2.45, 2.75) is 90.4 Å². The molecule has 0 aromatic heterocycles. The molecule has 2 N–H and O–H groups in total. The van der Waals surface area contributed by atoms with E-state index in [2.05, 4.69) is 22.7 Å². The first-order valence-corrected chi connectivity index (χ1v) is 10.1. The van der Waals surface area contributed by atoms with E-state index >= 15 is 0 Å². The molecule has 0 bridgehead atoms. The molecule has 6 heteroatoms. The summed E-state index contributed by atoms with van der Waals surface area (Å²) >= 11 is 0. The summed E-state index contributed by atoms with van der Waals surface area (Å²) in [6.45, 7) is 8.02. The summed E-state index contributed by atoms with van der Waals surface area (Å²) in [5.74, 6) is 0. The predicted molar refractivity (Wildman–Crippen MR) is 120 cm³/mol. The molecule has 0 saturated carbocycles. The minimum Gasteiger partial charge on any atom is -0.314 e. The maximum atomic E-state index is 3.55. The summed E-state index contributed by atoms with van der Waals surface area (Å²) < 4.78 is 0. The number of rotatable bonds is 15. The maximum Gasteiger partial charge on any atom is 0.0256 e. The van der Waals surface area contributed by atoms with Gasteiger partial charge in [0, 0.05) is 32.7 Å². The predicted octanol–water partition coefficient (Wildman–Crippen LogP) is 5.75. The second-order valence-corrected chi connectivity index (χ2v) is 6.89. The van der Waals surface area contributed by atoms with Gasteiger partial charge in [0.05, 0.1) is 0 Å². The molecule has 0 amide bonds. The van der Waals surface area contributed by atoms with Crippen LogP contribution in [0.25, 0.3) is 0 Å². The lowest BCUT2D eigenvalue weighted by atomic mass is 10.0. The Morgan fingerprint density at radius 1 is 0.640 bits per heavy atom. The summed E-state index contributed by atoms with van der Waals surface area (Å²) in [4.78, 5) is 0. The van der Waals surface area contributed by atoms with Gasteiger partial charge in [-0.25, -0.2) is 5.01 Å². The topological polar surface area (TPSA) is 27.3 Å². The van der Waals surface area contributed by atoms with Gasteiger partial charge in [0.2, 0.25) is 0 Å². The fourth-order valence-corrected chi connectivity index (χ4v) is 3.20. The molecular weight excluding hydrogens is 377 g/mol. The zero-order valence-corrected chi connectivity index (χ0v) is 18.8. The lowest BCUT2D eigenvalue weighted by molar-refractivity contribution is 0.163. The molecule has 25 heavy (non-hydrogen) atoms. The van der Waals surface area contributed by atoms with Crippen molar-refractivity contribution in [2.75, 3.05) is 32.7 Å².